The van der Waals surface area contributed by atoms with Gasteiger partial charge < -0.3 is 0 Å². The number of carbonyl (C=O) groups is 3. The lowest BCUT2D eigenvalue weighted by molar-refractivity contribution is -0.134. The third-order valence-electron chi connectivity index (χ3n) is 5.56. The summed E-state index contributed by atoms with van der Waals surface area (Å²) in [5, 5.41) is 8.28. The Morgan fingerprint density at radius 3 is 2.63 bits per heavy atom. The lowest BCUT2D eigenvalue weighted by atomic mass is 9.93. The number of amides is 2. The Morgan fingerprint density at radius 1 is 1.19 bits per heavy atom. The van der Waals surface area contributed by atoms with E-state index in [1.54, 1.807) is 6.92 Å². The molecule has 2 fully saturated rings. The summed E-state index contributed by atoms with van der Waals surface area (Å²) in [6.07, 6.45) is 2.70. The van der Waals surface area contributed by atoms with E-state index in [9.17, 15) is 14.4 Å². The Labute approximate surface area is 157 Å². The summed E-state index contributed by atoms with van der Waals surface area (Å²) in [5.41, 5.74) is 1.80. The molecule has 1 N–H and O–H groups in total. The zero-order valence-corrected chi connectivity index (χ0v) is 15.5. The van der Waals surface area contributed by atoms with Crippen molar-refractivity contribution >= 4 is 28.5 Å². The highest BCUT2D eigenvalue weighted by atomic mass is 16.2. The molecule has 3 heterocycles. The van der Waals surface area contributed by atoms with Crippen LogP contribution in [0.2, 0.25) is 0 Å². The predicted molar refractivity (Wildman–Crippen MR) is 100 cm³/mol. The maximum absolute atomic E-state index is 12.4. The molecule has 1 aromatic carbocycles. The van der Waals surface area contributed by atoms with Gasteiger partial charge in [-0.25, -0.2) is 0 Å². The Bertz CT molecular complexity index is 896. The van der Waals surface area contributed by atoms with Gasteiger partial charge in [-0.15, -0.1) is 0 Å². The van der Waals surface area contributed by atoms with Gasteiger partial charge in [0.1, 0.15) is 5.78 Å². The van der Waals surface area contributed by atoms with Crippen LogP contribution < -0.4 is 5.32 Å². The zero-order chi connectivity index (χ0) is 19.0. The highest BCUT2D eigenvalue weighted by Gasteiger charge is 2.33. The standard InChI is InChI=1S/C20H24N4O3/c1-13(25)12-23-10-8-14(9-11-23)24-17-5-3-2-4-15(17)19(22-24)16-6-7-18(26)21-20(16)27/h2-5,14,16H,6-12H2,1H3,(H,21,26,27). The third-order valence-corrected chi connectivity index (χ3v) is 5.56. The van der Waals surface area contributed by atoms with E-state index in [-0.39, 0.29) is 29.6 Å². The van der Waals surface area contributed by atoms with E-state index in [2.05, 4.69) is 14.9 Å². The first-order valence-corrected chi connectivity index (χ1v) is 9.55. The van der Waals surface area contributed by atoms with Gasteiger partial charge in [-0.1, -0.05) is 18.2 Å². The number of fused-ring (bicyclic) bond motifs is 1. The molecule has 7 heteroatoms. The van der Waals surface area contributed by atoms with Gasteiger partial charge in [0.25, 0.3) is 0 Å². The SMILES string of the molecule is CC(=O)CN1CCC(n2nc(C3CCC(=O)NC3=O)c3ccccc32)CC1. The van der Waals surface area contributed by atoms with Crippen LogP contribution in [0.5, 0.6) is 0 Å². The number of ketones is 1. The molecule has 0 aliphatic carbocycles. The van der Waals surface area contributed by atoms with E-state index in [4.69, 9.17) is 5.10 Å². The number of hydrogen-bond acceptors (Lipinski definition) is 5. The molecule has 27 heavy (non-hydrogen) atoms. The summed E-state index contributed by atoms with van der Waals surface area (Å²) >= 11 is 0. The number of Topliss-reactive ketones (excluding diaryl/α,β-unsaturated/α-hetero) is 1. The molecule has 1 atom stereocenters. The Kier molecular flexibility index (Phi) is 4.78. The summed E-state index contributed by atoms with van der Waals surface area (Å²) in [5.74, 6) is -0.652. The maximum atomic E-state index is 12.4. The maximum Gasteiger partial charge on any atom is 0.235 e. The van der Waals surface area contributed by atoms with Crippen LogP contribution in [0, 0.1) is 0 Å². The molecule has 1 unspecified atom stereocenters. The monoisotopic (exact) mass is 368 g/mol. The van der Waals surface area contributed by atoms with Gasteiger partial charge in [-0.05, 0) is 32.3 Å². The number of carbonyl (C=O) groups excluding carboxylic acids is 3. The normalized spacial score (nSPS) is 22.2. The van der Waals surface area contributed by atoms with Crippen molar-refractivity contribution in [3.63, 3.8) is 0 Å². The van der Waals surface area contributed by atoms with Gasteiger partial charge in [0.2, 0.25) is 11.8 Å². The van der Waals surface area contributed by atoms with Gasteiger partial charge in [0.05, 0.1) is 29.7 Å². The summed E-state index contributed by atoms with van der Waals surface area (Å²) in [7, 11) is 0. The number of imide groups is 1. The van der Waals surface area contributed by atoms with Crippen molar-refractivity contribution in [3.05, 3.63) is 30.0 Å². The quantitative estimate of drug-likeness (QED) is 0.832. The molecule has 2 aromatic rings. The fraction of sp³-hybridized carbons (Fsp3) is 0.500. The second-order valence-corrected chi connectivity index (χ2v) is 7.56. The molecule has 0 saturated carbocycles. The van der Waals surface area contributed by atoms with Crippen LogP contribution in [0.4, 0.5) is 0 Å². The first-order valence-electron chi connectivity index (χ1n) is 9.55. The Morgan fingerprint density at radius 2 is 1.93 bits per heavy atom. The van der Waals surface area contributed by atoms with Crippen LogP contribution in [-0.2, 0) is 14.4 Å². The Balaban J connectivity index is 1.62. The number of benzene rings is 1. The summed E-state index contributed by atoms with van der Waals surface area (Å²) in [6, 6.07) is 8.24. The lowest BCUT2D eigenvalue weighted by Gasteiger charge is -2.31. The fourth-order valence-corrected chi connectivity index (χ4v) is 4.24. The number of nitrogens with one attached hydrogen (secondary N) is 1. The Hall–Kier alpha value is -2.54. The largest absolute Gasteiger partial charge is 0.299 e. The van der Waals surface area contributed by atoms with E-state index in [0.717, 1.165) is 42.5 Å². The van der Waals surface area contributed by atoms with Crippen molar-refractivity contribution in [2.75, 3.05) is 19.6 Å². The summed E-state index contributed by atoms with van der Waals surface area (Å²) in [6.45, 7) is 3.87. The number of aromatic nitrogens is 2. The van der Waals surface area contributed by atoms with Crippen molar-refractivity contribution in [1.29, 1.82) is 0 Å². The smallest absolute Gasteiger partial charge is 0.235 e. The average molecular weight is 368 g/mol. The van der Waals surface area contributed by atoms with Crippen LogP contribution >= 0.6 is 0 Å². The topological polar surface area (TPSA) is 84.3 Å². The number of likely N-dealkylation sites (tertiary alicyclic amines) is 1. The molecule has 2 saturated heterocycles. The van der Waals surface area contributed by atoms with Gasteiger partial charge in [-0.2, -0.15) is 5.10 Å². The highest BCUT2D eigenvalue weighted by Crippen LogP contribution is 2.33. The van der Waals surface area contributed by atoms with Gasteiger partial charge in [-0.3, -0.25) is 29.3 Å². The second kappa shape index (κ2) is 7.23. The predicted octanol–water partition coefficient (Wildman–Crippen LogP) is 1.78. The van der Waals surface area contributed by atoms with Crippen molar-refractivity contribution in [1.82, 2.24) is 20.0 Å². The van der Waals surface area contributed by atoms with E-state index in [0.29, 0.717) is 19.4 Å². The highest BCUT2D eigenvalue weighted by molar-refractivity contribution is 6.02. The average Bonchev–Trinajstić information content (AvgIpc) is 3.01. The molecule has 2 aliphatic heterocycles. The number of hydrogen-bond donors (Lipinski definition) is 1. The van der Waals surface area contributed by atoms with E-state index in [1.165, 1.54) is 0 Å². The number of nitrogens with zero attached hydrogens (tertiary/aromatic N) is 3. The van der Waals surface area contributed by atoms with Crippen LogP contribution in [0.15, 0.2) is 24.3 Å². The molecule has 142 valence electrons. The van der Waals surface area contributed by atoms with E-state index in [1.807, 2.05) is 24.3 Å². The van der Waals surface area contributed by atoms with Crippen LogP contribution in [0.25, 0.3) is 10.9 Å². The van der Waals surface area contributed by atoms with Crippen molar-refractivity contribution in [2.45, 2.75) is 44.6 Å². The zero-order valence-electron chi connectivity index (χ0n) is 15.5. The molecule has 4 rings (SSSR count). The number of piperidine rings is 2. The molecule has 0 spiro atoms. The van der Waals surface area contributed by atoms with E-state index < -0.39 is 0 Å². The minimum absolute atomic E-state index is 0.193. The van der Waals surface area contributed by atoms with Gasteiger partial charge >= 0.3 is 0 Å². The van der Waals surface area contributed by atoms with E-state index >= 15 is 0 Å². The van der Waals surface area contributed by atoms with Gasteiger partial charge in [0.15, 0.2) is 0 Å². The molecule has 0 radical (unpaired) electrons. The van der Waals surface area contributed by atoms with Crippen molar-refractivity contribution in [2.24, 2.45) is 0 Å². The second-order valence-electron chi connectivity index (χ2n) is 7.56. The minimum atomic E-state index is -0.383. The van der Waals surface area contributed by atoms with Crippen LogP contribution in [-0.4, -0.2) is 51.9 Å². The molecule has 1 aromatic heterocycles. The molecule has 0 bridgehead atoms. The van der Waals surface area contributed by atoms with Crippen molar-refractivity contribution < 1.29 is 14.4 Å². The number of para-hydroxylation sites is 1. The summed E-state index contributed by atoms with van der Waals surface area (Å²) in [4.78, 5) is 37.4. The van der Waals surface area contributed by atoms with Crippen LogP contribution in [0.3, 0.4) is 0 Å². The van der Waals surface area contributed by atoms with Crippen molar-refractivity contribution in [3.8, 4) is 0 Å². The molecular weight excluding hydrogens is 344 g/mol. The first kappa shape index (κ1) is 17.9. The third kappa shape index (κ3) is 3.51. The number of rotatable bonds is 4. The van der Waals surface area contributed by atoms with Gasteiger partial charge in [0, 0.05) is 24.9 Å². The molecular formula is C20H24N4O3. The molecule has 7 nitrogen and oxygen atoms in total. The molecule has 2 amide bonds. The minimum Gasteiger partial charge on any atom is -0.299 e. The first-order chi connectivity index (χ1) is 13.0. The lowest BCUT2D eigenvalue weighted by Crippen LogP contribution is -2.40. The summed E-state index contributed by atoms with van der Waals surface area (Å²) < 4.78 is 2.06. The van der Waals surface area contributed by atoms with Crippen LogP contribution in [0.1, 0.15) is 50.3 Å². The molecule has 2 aliphatic rings. The fourth-order valence-electron chi connectivity index (χ4n) is 4.24.